The van der Waals surface area contributed by atoms with E-state index in [1.807, 2.05) is 29.2 Å². The molecule has 0 spiro atoms. The van der Waals surface area contributed by atoms with E-state index in [-0.39, 0.29) is 11.9 Å². The van der Waals surface area contributed by atoms with Crippen LogP contribution in [0, 0.1) is 0 Å². The zero-order valence-electron chi connectivity index (χ0n) is 12.4. The van der Waals surface area contributed by atoms with Crippen molar-refractivity contribution in [3.05, 3.63) is 35.9 Å². The number of nitrogens with zero attached hydrogens (tertiary/aromatic N) is 2. The Hall–Kier alpha value is -2.10. The van der Waals surface area contributed by atoms with Crippen LogP contribution in [0.3, 0.4) is 0 Å². The molecule has 1 saturated heterocycles. The normalized spacial score (nSPS) is 19.5. The zero-order chi connectivity index (χ0) is 14.8. The summed E-state index contributed by atoms with van der Waals surface area (Å²) < 4.78 is 0. The third-order valence-corrected chi connectivity index (χ3v) is 4.28. The minimum Gasteiger partial charge on any atom is -0.384 e. The molecule has 110 valence electrons. The molecule has 1 amide bonds. The maximum absolute atomic E-state index is 13.0. The van der Waals surface area contributed by atoms with Crippen LogP contribution in [-0.4, -0.2) is 28.4 Å². The van der Waals surface area contributed by atoms with Gasteiger partial charge in [-0.2, -0.15) is 0 Å². The van der Waals surface area contributed by atoms with Crippen molar-refractivity contribution in [2.75, 3.05) is 12.3 Å². The first kappa shape index (κ1) is 13.9. The van der Waals surface area contributed by atoms with Crippen molar-refractivity contribution in [3.8, 4) is 0 Å². The Morgan fingerprint density at radius 3 is 2.95 bits per heavy atom. The van der Waals surface area contributed by atoms with Gasteiger partial charge in [0.15, 0.2) is 0 Å². The van der Waals surface area contributed by atoms with Gasteiger partial charge in [0.1, 0.15) is 5.82 Å². The second-order valence-corrected chi connectivity index (χ2v) is 5.81. The van der Waals surface area contributed by atoms with Crippen molar-refractivity contribution in [1.29, 1.82) is 0 Å². The van der Waals surface area contributed by atoms with E-state index in [4.69, 9.17) is 5.73 Å². The largest absolute Gasteiger partial charge is 0.384 e. The number of benzene rings is 1. The Morgan fingerprint density at radius 2 is 2.10 bits per heavy atom. The Kier molecular flexibility index (Phi) is 3.78. The molecule has 21 heavy (non-hydrogen) atoms. The van der Waals surface area contributed by atoms with Crippen molar-refractivity contribution in [2.45, 2.75) is 38.6 Å². The summed E-state index contributed by atoms with van der Waals surface area (Å²) in [5.74, 6) is 0.481. The first-order valence-corrected chi connectivity index (χ1v) is 7.63. The monoisotopic (exact) mass is 283 g/mol. The number of carbonyl (C=O) groups excluding carboxylic acids is 1. The number of amides is 1. The zero-order valence-corrected chi connectivity index (χ0v) is 12.4. The number of likely N-dealkylation sites (tertiary alicyclic amines) is 1. The summed E-state index contributed by atoms with van der Waals surface area (Å²) in [4.78, 5) is 19.3. The van der Waals surface area contributed by atoms with Crippen molar-refractivity contribution in [3.63, 3.8) is 0 Å². The van der Waals surface area contributed by atoms with Gasteiger partial charge in [-0.3, -0.25) is 4.79 Å². The topological polar surface area (TPSA) is 59.2 Å². The van der Waals surface area contributed by atoms with Crippen LogP contribution >= 0.6 is 0 Å². The fourth-order valence-electron chi connectivity index (χ4n) is 3.10. The summed E-state index contributed by atoms with van der Waals surface area (Å²) >= 11 is 0. The van der Waals surface area contributed by atoms with Crippen molar-refractivity contribution >= 4 is 22.6 Å². The van der Waals surface area contributed by atoms with E-state index in [0.717, 1.165) is 30.3 Å². The molecule has 0 bridgehead atoms. The maximum Gasteiger partial charge on any atom is 0.254 e. The smallest absolute Gasteiger partial charge is 0.254 e. The summed E-state index contributed by atoms with van der Waals surface area (Å²) in [6.07, 6.45) is 4.55. The lowest BCUT2D eigenvalue weighted by Gasteiger charge is -2.27. The number of para-hydroxylation sites is 1. The van der Waals surface area contributed by atoms with Gasteiger partial charge in [0.2, 0.25) is 0 Å². The number of nitrogen functional groups attached to an aromatic ring is 1. The van der Waals surface area contributed by atoms with E-state index < -0.39 is 0 Å². The van der Waals surface area contributed by atoms with E-state index in [2.05, 4.69) is 11.9 Å². The number of nitrogens with two attached hydrogens (primary N) is 1. The molecule has 1 unspecified atom stereocenters. The van der Waals surface area contributed by atoms with Gasteiger partial charge in [0.05, 0.1) is 11.1 Å². The lowest BCUT2D eigenvalue weighted by Crippen LogP contribution is -2.38. The van der Waals surface area contributed by atoms with Gasteiger partial charge in [-0.15, -0.1) is 0 Å². The molecule has 1 aromatic heterocycles. The predicted molar refractivity (Wildman–Crippen MR) is 85.1 cm³/mol. The maximum atomic E-state index is 13.0. The average molecular weight is 283 g/mol. The Morgan fingerprint density at radius 1 is 1.29 bits per heavy atom. The number of anilines is 1. The molecular weight excluding hydrogens is 262 g/mol. The molecule has 2 heterocycles. The molecule has 4 nitrogen and oxygen atoms in total. The van der Waals surface area contributed by atoms with Gasteiger partial charge < -0.3 is 10.6 Å². The van der Waals surface area contributed by atoms with Gasteiger partial charge in [-0.25, -0.2) is 4.98 Å². The molecule has 0 saturated carbocycles. The number of rotatable bonds is 1. The van der Waals surface area contributed by atoms with E-state index in [1.165, 1.54) is 12.8 Å². The number of fused-ring (bicyclic) bond motifs is 1. The number of hydrogen-bond acceptors (Lipinski definition) is 3. The molecule has 2 aromatic rings. The van der Waals surface area contributed by atoms with Crippen LogP contribution in [0.5, 0.6) is 0 Å². The first-order chi connectivity index (χ1) is 10.2. The van der Waals surface area contributed by atoms with E-state index >= 15 is 0 Å². The van der Waals surface area contributed by atoms with Crippen molar-refractivity contribution in [1.82, 2.24) is 9.88 Å². The third-order valence-electron chi connectivity index (χ3n) is 4.28. The van der Waals surface area contributed by atoms with Crippen LogP contribution in [-0.2, 0) is 0 Å². The second kappa shape index (κ2) is 5.72. The minimum atomic E-state index is 0.0784. The first-order valence-electron chi connectivity index (χ1n) is 7.63. The van der Waals surface area contributed by atoms with Crippen molar-refractivity contribution < 1.29 is 4.79 Å². The SMILES string of the molecule is CC1CCCCCN1C(=O)c1cc(N)nc2ccccc12. The van der Waals surface area contributed by atoms with Gasteiger partial charge in [-0.1, -0.05) is 31.0 Å². The molecule has 1 atom stereocenters. The number of hydrogen-bond donors (Lipinski definition) is 1. The second-order valence-electron chi connectivity index (χ2n) is 5.81. The summed E-state index contributed by atoms with van der Waals surface area (Å²) in [6.45, 7) is 2.96. The molecule has 3 rings (SSSR count). The molecule has 1 aliphatic heterocycles. The summed E-state index contributed by atoms with van der Waals surface area (Å²) in [6, 6.07) is 9.68. The van der Waals surface area contributed by atoms with Crippen LogP contribution in [0.1, 0.15) is 43.0 Å². The quantitative estimate of drug-likeness (QED) is 0.874. The van der Waals surface area contributed by atoms with Crippen LogP contribution < -0.4 is 5.73 Å². The molecule has 1 aromatic carbocycles. The molecule has 0 radical (unpaired) electrons. The molecule has 2 N–H and O–H groups in total. The molecule has 1 aliphatic rings. The Balaban J connectivity index is 2.04. The Bertz CT molecular complexity index is 668. The predicted octanol–water partition coefficient (Wildman–Crippen LogP) is 3.22. The third kappa shape index (κ3) is 2.71. The van der Waals surface area contributed by atoms with Crippen LogP contribution in [0.2, 0.25) is 0 Å². The van der Waals surface area contributed by atoms with E-state index in [1.54, 1.807) is 6.07 Å². The van der Waals surface area contributed by atoms with Gasteiger partial charge >= 0.3 is 0 Å². The fraction of sp³-hybridized carbons (Fsp3) is 0.412. The molecule has 0 aliphatic carbocycles. The number of pyridine rings is 1. The molecule has 4 heteroatoms. The average Bonchev–Trinajstić information content (AvgIpc) is 2.70. The van der Waals surface area contributed by atoms with Crippen LogP contribution in [0.15, 0.2) is 30.3 Å². The van der Waals surface area contributed by atoms with E-state index in [0.29, 0.717) is 11.4 Å². The highest BCUT2D eigenvalue weighted by molar-refractivity contribution is 6.07. The summed E-state index contributed by atoms with van der Waals surface area (Å²) in [5, 5.41) is 0.883. The van der Waals surface area contributed by atoms with Crippen molar-refractivity contribution in [2.24, 2.45) is 0 Å². The van der Waals surface area contributed by atoms with E-state index in [9.17, 15) is 4.79 Å². The van der Waals surface area contributed by atoms with Crippen LogP contribution in [0.25, 0.3) is 10.9 Å². The number of aromatic nitrogens is 1. The standard InChI is InChI=1S/C17H21N3O/c1-12-7-3-2-6-10-20(12)17(21)14-11-16(18)19-15-9-5-4-8-13(14)15/h4-5,8-9,11-12H,2-3,6-7,10H2,1H3,(H2,18,19). The lowest BCUT2D eigenvalue weighted by atomic mass is 10.1. The van der Waals surface area contributed by atoms with Gasteiger partial charge in [0, 0.05) is 18.0 Å². The summed E-state index contributed by atoms with van der Waals surface area (Å²) in [5.41, 5.74) is 7.33. The lowest BCUT2D eigenvalue weighted by molar-refractivity contribution is 0.0700. The van der Waals surface area contributed by atoms with Crippen LogP contribution in [0.4, 0.5) is 5.82 Å². The molecular formula is C17H21N3O. The Labute approximate surface area is 125 Å². The van der Waals surface area contributed by atoms with Gasteiger partial charge in [0.25, 0.3) is 5.91 Å². The fourth-order valence-corrected chi connectivity index (χ4v) is 3.10. The highest BCUT2D eigenvalue weighted by Crippen LogP contribution is 2.24. The molecule has 1 fully saturated rings. The summed E-state index contributed by atoms with van der Waals surface area (Å²) in [7, 11) is 0. The van der Waals surface area contributed by atoms with Gasteiger partial charge in [-0.05, 0) is 31.9 Å². The highest BCUT2D eigenvalue weighted by Gasteiger charge is 2.24. The number of carbonyl (C=O) groups is 1. The highest BCUT2D eigenvalue weighted by atomic mass is 16.2. The minimum absolute atomic E-state index is 0.0784.